The third-order valence-corrected chi connectivity index (χ3v) is 4.58. The Morgan fingerprint density at radius 2 is 1.82 bits per heavy atom. The molecule has 150 valence electrons. The lowest BCUT2D eigenvalue weighted by atomic mass is 10.3. The van der Waals surface area contributed by atoms with Gasteiger partial charge in [-0.05, 0) is 38.1 Å². The maximum atomic E-state index is 12.6. The van der Waals surface area contributed by atoms with Gasteiger partial charge in [-0.3, -0.25) is 0 Å². The molecule has 1 aliphatic heterocycles. The molecule has 1 aromatic heterocycles. The Labute approximate surface area is 166 Å². The fourth-order valence-electron chi connectivity index (χ4n) is 3.07. The molecule has 1 N–H and O–H groups in total. The van der Waals surface area contributed by atoms with Gasteiger partial charge in [0.15, 0.2) is 0 Å². The number of aromatic nitrogens is 2. The highest BCUT2D eigenvalue weighted by Gasteiger charge is 2.22. The van der Waals surface area contributed by atoms with Crippen LogP contribution in [-0.4, -0.2) is 67.8 Å². The summed E-state index contributed by atoms with van der Waals surface area (Å²) in [5, 5.41) is 2.95. The average Bonchev–Trinajstić information content (AvgIpc) is 2.69. The van der Waals surface area contributed by atoms with Crippen molar-refractivity contribution in [3.63, 3.8) is 0 Å². The summed E-state index contributed by atoms with van der Waals surface area (Å²) in [5.74, 6) is 3.34. The maximum Gasteiger partial charge on any atom is 0.321 e. The van der Waals surface area contributed by atoms with Gasteiger partial charge in [-0.1, -0.05) is 0 Å². The van der Waals surface area contributed by atoms with Crippen LogP contribution in [0.2, 0.25) is 0 Å². The van der Waals surface area contributed by atoms with Gasteiger partial charge < -0.3 is 24.8 Å². The van der Waals surface area contributed by atoms with Crippen LogP contribution < -0.4 is 19.9 Å². The largest absolute Gasteiger partial charge is 0.494 e. The third kappa shape index (κ3) is 4.82. The molecular formula is C20H28N6O2. The Morgan fingerprint density at radius 1 is 1.14 bits per heavy atom. The molecule has 1 fully saturated rings. The van der Waals surface area contributed by atoms with Crippen molar-refractivity contribution in [2.24, 2.45) is 0 Å². The van der Waals surface area contributed by atoms with Gasteiger partial charge in [-0.25, -0.2) is 14.8 Å². The zero-order chi connectivity index (χ0) is 20.1. The van der Waals surface area contributed by atoms with E-state index in [2.05, 4.69) is 20.2 Å². The molecule has 8 heteroatoms. The van der Waals surface area contributed by atoms with E-state index in [-0.39, 0.29) is 6.03 Å². The monoisotopic (exact) mass is 384 g/mol. The number of ether oxygens (including phenoxy) is 1. The number of rotatable bonds is 5. The fraction of sp³-hybridized carbons (Fsp3) is 0.450. The molecule has 2 amide bonds. The number of carbonyl (C=O) groups excluding carboxylic acids is 1. The zero-order valence-corrected chi connectivity index (χ0v) is 17.0. The van der Waals surface area contributed by atoms with Crippen molar-refractivity contribution >= 4 is 23.4 Å². The van der Waals surface area contributed by atoms with Gasteiger partial charge in [-0.2, -0.15) is 0 Å². The number of nitrogens with zero attached hydrogens (tertiary/aromatic N) is 5. The van der Waals surface area contributed by atoms with Crippen LogP contribution in [0.15, 0.2) is 30.3 Å². The summed E-state index contributed by atoms with van der Waals surface area (Å²) in [7, 11) is 3.93. The van der Waals surface area contributed by atoms with Crippen molar-refractivity contribution in [1.82, 2.24) is 14.9 Å². The third-order valence-electron chi connectivity index (χ3n) is 4.58. The zero-order valence-electron chi connectivity index (χ0n) is 17.0. The molecule has 0 saturated carbocycles. The highest BCUT2D eigenvalue weighted by Crippen LogP contribution is 2.20. The van der Waals surface area contributed by atoms with E-state index in [0.29, 0.717) is 19.7 Å². The van der Waals surface area contributed by atoms with E-state index in [1.54, 1.807) is 0 Å². The first kappa shape index (κ1) is 19.7. The fourth-order valence-corrected chi connectivity index (χ4v) is 3.07. The molecule has 0 atom stereocenters. The van der Waals surface area contributed by atoms with E-state index < -0.39 is 0 Å². The topological polar surface area (TPSA) is 73.8 Å². The van der Waals surface area contributed by atoms with Crippen LogP contribution in [0.25, 0.3) is 0 Å². The van der Waals surface area contributed by atoms with Gasteiger partial charge in [0.2, 0.25) is 0 Å². The number of aryl methyl sites for hydroxylation is 1. The second kappa shape index (κ2) is 8.77. The molecule has 0 aliphatic carbocycles. The minimum atomic E-state index is -0.0864. The summed E-state index contributed by atoms with van der Waals surface area (Å²) >= 11 is 0. The van der Waals surface area contributed by atoms with Gasteiger partial charge in [0, 0.05) is 52.0 Å². The molecule has 0 bridgehead atoms. The Bertz CT molecular complexity index is 801. The van der Waals surface area contributed by atoms with Crippen LogP contribution >= 0.6 is 0 Å². The average molecular weight is 384 g/mol. The molecule has 0 radical (unpaired) electrons. The molecule has 0 unspecified atom stereocenters. The first-order valence-corrected chi connectivity index (χ1v) is 9.53. The van der Waals surface area contributed by atoms with Crippen LogP contribution in [0.1, 0.15) is 12.7 Å². The number of hydrogen-bond donors (Lipinski definition) is 1. The van der Waals surface area contributed by atoms with E-state index in [1.165, 1.54) is 0 Å². The minimum Gasteiger partial charge on any atom is -0.494 e. The van der Waals surface area contributed by atoms with Crippen LogP contribution in [-0.2, 0) is 0 Å². The van der Waals surface area contributed by atoms with Gasteiger partial charge in [0.05, 0.1) is 6.61 Å². The molecule has 3 rings (SSSR count). The smallest absolute Gasteiger partial charge is 0.321 e. The summed E-state index contributed by atoms with van der Waals surface area (Å²) in [6.07, 6.45) is 0. The van der Waals surface area contributed by atoms with Crippen molar-refractivity contribution < 1.29 is 9.53 Å². The predicted molar refractivity (Wildman–Crippen MR) is 112 cm³/mol. The number of anilines is 3. The Balaban J connectivity index is 1.57. The van der Waals surface area contributed by atoms with Gasteiger partial charge in [-0.15, -0.1) is 0 Å². The van der Waals surface area contributed by atoms with Crippen LogP contribution in [0.4, 0.5) is 22.1 Å². The number of nitrogens with one attached hydrogen (secondary N) is 1. The van der Waals surface area contributed by atoms with E-state index >= 15 is 0 Å². The maximum absolute atomic E-state index is 12.6. The molecular weight excluding hydrogens is 356 g/mol. The lowest BCUT2D eigenvalue weighted by Crippen LogP contribution is -2.50. The summed E-state index contributed by atoms with van der Waals surface area (Å²) in [6.45, 7) is 7.22. The normalized spacial score (nSPS) is 14.0. The molecule has 2 aromatic rings. The number of hydrogen-bond acceptors (Lipinski definition) is 6. The number of urea groups is 1. The number of amides is 2. The highest BCUT2D eigenvalue weighted by molar-refractivity contribution is 5.89. The minimum absolute atomic E-state index is 0.0864. The van der Waals surface area contributed by atoms with Crippen molar-refractivity contribution in [2.75, 3.05) is 62.0 Å². The molecule has 2 heterocycles. The lowest BCUT2D eigenvalue weighted by Gasteiger charge is -2.35. The number of benzene rings is 1. The van der Waals surface area contributed by atoms with Crippen LogP contribution in [0.3, 0.4) is 0 Å². The van der Waals surface area contributed by atoms with Crippen molar-refractivity contribution in [1.29, 1.82) is 0 Å². The van der Waals surface area contributed by atoms with Gasteiger partial charge >= 0.3 is 6.03 Å². The molecule has 1 aliphatic rings. The Morgan fingerprint density at radius 3 is 2.43 bits per heavy atom. The standard InChI is InChI=1S/C20H28N6O2/c1-5-28-17-8-6-16(7-9-17)23-20(27)26-12-10-25(11-13-26)19-14-18(24(3)4)21-15(2)22-19/h6-9,14H,5,10-13H2,1-4H3,(H,23,27). The van der Waals surface area contributed by atoms with Crippen molar-refractivity contribution in [3.8, 4) is 5.75 Å². The summed E-state index contributed by atoms with van der Waals surface area (Å²) in [6, 6.07) is 9.32. The van der Waals surface area contributed by atoms with E-state index in [9.17, 15) is 4.79 Å². The van der Waals surface area contributed by atoms with Crippen LogP contribution in [0.5, 0.6) is 5.75 Å². The summed E-state index contributed by atoms with van der Waals surface area (Å²) in [4.78, 5) is 27.5. The van der Waals surface area contributed by atoms with Gasteiger partial charge in [0.25, 0.3) is 0 Å². The lowest BCUT2D eigenvalue weighted by molar-refractivity contribution is 0.208. The molecule has 28 heavy (non-hydrogen) atoms. The predicted octanol–water partition coefficient (Wildman–Crippen LogP) is 2.60. The van der Waals surface area contributed by atoms with Gasteiger partial charge in [0.1, 0.15) is 23.2 Å². The number of carbonyl (C=O) groups is 1. The second-order valence-corrected chi connectivity index (χ2v) is 6.89. The SMILES string of the molecule is CCOc1ccc(NC(=O)N2CCN(c3cc(N(C)C)nc(C)n3)CC2)cc1. The molecule has 0 spiro atoms. The first-order chi connectivity index (χ1) is 13.5. The second-order valence-electron chi connectivity index (χ2n) is 6.89. The molecule has 8 nitrogen and oxygen atoms in total. The van der Waals surface area contributed by atoms with Crippen molar-refractivity contribution in [3.05, 3.63) is 36.2 Å². The first-order valence-electron chi connectivity index (χ1n) is 9.53. The summed E-state index contributed by atoms with van der Waals surface area (Å²) in [5.41, 5.74) is 0.762. The summed E-state index contributed by atoms with van der Waals surface area (Å²) < 4.78 is 5.43. The van der Waals surface area contributed by atoms with E-state index in [0.717, 1.165) is 42.0 Å². The molecule has 1 aromatic carbocycles. The van der Waals surface area contributed by atoms with Crippen molar-refractivity contribution in [2.45, 2.75) is 13.8 Å². The Kier molecular flexibility index (Phi) is 6.18. The van der Waals surface area contributed by atoms with E-state index in [4.69, 9.17) is 4.74 Å². The van der Waals surface area contributed by atoms with E-state index in [1.807, 2.05) is 68.1 Å². The Hall–Kier alpha value is -3.03. The molecule has 1 saturated heterocycles. The quantitative estimate of drug-likeness (QED) is 0.854. The van der Waals surface area contributed by atoms with Crippen LogP contribution in [0, 0.1) is 6.92 Å². The highest BCUT2D eigenvalue weighted by atomic mass is 16.5. The number of piperazine rings is 1.